The molecule has 1 amide bonds. The van der Waals surface area contributed by atoms with Gasteiger partial charge in [-0.3, -0.25) is 4.79 Å². The van der Waals surface area contributed by atoms with E-state index < -0.39 is 15.9 Å². The van der Waals surface area contributed by atoms with E-state index in [-0.39, 0.29) is 4.90 Å². The third-order valence-electron chi connectivity index (χ3n) is 4.46. The largest absolute Gasteiger partial charge is 0.322 e. The zero-order valence-electron chi connectivity index (χ0n) is 14.9. The van der Waals surface area contributed by atoms with Crippen LogP contribution < -0.4 is 5.32 Å². The van der Waals surface area contributed by atoms with Gasteiger partial charge in [0.15, 0.2) is 5.82 Å². The minimum atomic E-state index is -3.56. The van der Waals surface area contributed by atoms with Gasteiger partial charge in [-0.2, -0.15) is 9.40 Å². The summed E-state index contributed by atoms with van der Waals surface area (Å²) in [6, 6.07) is 9.52. The SMILES string of the molecule is O=C(Nc1cccc(S(=O)(=O)N2CCCC2)c1)c1cccnc1-n1cncn1. The van der Waals surface area contributed by atoms with Crippen LogP contribution in [0.1, 0.15) is 23.2 Å². The van der Waals surface area contributed by atoms with E-state index in [0.717, 1.165) is 12.8 Å². The standard InChI is InChI=1S/C18H18N6O3S/c25-18(16-7-4-8-20-17(16)24-13-19-12-21-24)22-14-5-3-6-15(11-14)28(26,27)23-9-1-2-10-23/h3-8,11-13H,1-2,9-10H2,(H,22,25). The third kappa shape index (κ3) is 3.51. The normalized spacial score (nSPS) is 14.9. The third-order valence-corrected chi connectivity index (χ3v) is 6.36. The molecule has 0 unspecified atom stereocenters. The molecule has 144 valence electrons. The first-order chi connectivity index (χ1) is 13.6. The maximum atomic E-state index is 12.8. The van der Waals surface area contributed by atoms with Gasteiger partial charge < -0.3 is 5.32 Å². The monoisotopic (exact) mass is 398 g/mol. The van der Waals surface area contributed by atoms with Crippen molar-refractivity contribution in [2.45, 2.75) is 17.7 Å². The number of pyridine rings is 1. The Hall–Kier alpha value is -3.11. The van der Waals surface area contributed by atoms with E-state index in [1.807, 2.05) is 0 Å². The Balaban J connectivity index is 1.60. The molecule has 4 rings (SSSR count). The van der Waals surface area contributed by atoms with Crippen molar-refractivity contribution in [3.63, 3.8) is 0 Å². The highest BCUT2D eigenvalue weighted by Gasteiger charge is 2.27. The summed E-state index contributed by atoms with van der Waals surface area (Å²) in [4.78, 5) is 21.0. The fourth-order valence-corrected chi connectivity index (χ4v) is 4.65. The van der Waals surface area contributed by atoms with Crippen molar-refractivity contribution in [3.05, 3.63) is 60.8 Å². The first-order valence-corrected chi connectivity index (χ1v) is 10.2. The van der Waals surface area contributed by atoms with Crippen LogP contribution in [0, 0.1) is 0 Å². The van der Waals surface area contributed by atoms with Gasteiger partial charge in [0.25, 0.3) is 5.91 Å². The predicted octanol–water partition coefficient (Wildman–Crippen LogP) is 1.70. The Morgan fingerprint density at radius 3 is 2.68 bits per heavy atom. The van der Waals surface area contributed by atoms with Crippen LogP contribution in [0.2, 0.25) is 0 Å². The van der Waals surface area contributed by atoms with Crippen molar-refractivity contribution in [1.29, 1.82) is 0 Å². The zero-order valence-corrected chi connectivity index (χ0v) is 15.7. The van der Waals surface area contributed by atoms with E-state index in [1.54, 1.807) is 30.5 Å². The lowest BCUT2D eigenvalue weighted by atomic mass is 10.2. The number of amides is 1. The number of carbonyl (C=O) groups excluding carboxylic acids is 1. The summed E-state index contributed by atoms with van der Waals surface area (Å²) in [6.45, 7) is 1.05. The van der Waals surface area contributed by atoms with Crippen molar-refractivity contribution >= 4 is 21.6 Å². The molecule has 1 aromatic carbocycles. The topological polar surface area (TPSA) is 110 Å². The van der Waals surface area contributed by atoms with Gasteiger partial charge in [0.2, 0.25) is 10.0 Å². The minimum absolute atomic E-state index is 0.162. The number of anilines is 1. The van der Waals surface area contributed by atoms with Gasteiger partial charge in [-0.25, -0.2) is 23.1 Å². The van der Waals surface area contributed by atoms with E-state index in [4.69, 9.17) is 0 Å². The highest BCUT2D eigenvalue weighted by atomic mass is 32.2. The molecule has 1 aliphatic rings. The number of hydrogen-bond donors (Lipinski definition) is 1. The molecule has 28 heavy (non-hydrogen) atoms. The lowest BCUT2D eigenvalue weighted by Crippen LogP contribution is -2.28. The first kappa shape index (κ1) is 18.3. The number of nitrogens with one attached hydrogen (secondary N) is 1. The molecule has 0 spiro atoms. The molecule has 0 atom stereocenters. The van der Waals surface area contributed by atoms with Crippen LogP contribution in [-0.4, -0.2) is 51.5 Å². The second kappa shape index (κ2) is 7.49. The Bertz CT molecular complexity index is 1090. The fourth-order valence-electron chi connectivity index (χ4n) is 3.08. The molecule has 1 fully saturated rings. The van der Waals surface area contributed by atoms with Crippen molar-refractivity contribution in [2.24, 2.45) is 0 Å². The Morgan fingerprint density at radius 2 is 1.93 bits per heavy atom. The number of benzene rings is 1. The van der Waals surface area contributed by atoms with Gasteiger partial charge in [0, 0.05) is 25.0 Å². The Labute approximate surface area is 162 Å². The summed E-state index contributed by atoms with van der Waals surface area (Å²) in [6.07, 6.45) is 6.08. The highest BCUT2D eigenvalue weighted by molar-refractivity contribution is 7.89. The maximum absolute atomic E-state index is 12.8. The molecular weight excluding hydrogens is 380 g/mol. The van der Waals surface area contributed by atoms with Gasteiger partial charge >= 0.3 is 0 Å². The maximum Gasteiger partial charge on any atom is 0.259 e. The smallest absolute Gasteiger partial charge is 0.259 e. The summed E-state index contributed by atoms with van der Waals surface area (Å²) >= 11 is 0. The number of aromatic nitrogens is 4. The minimum Gasteiger partial charge on any atom is -0.322 e. The molecule has 0 saturated carbocycles. The molecule has 3 aromatic rings. The van der Waals surface area contributed by atoms with E-state index in [1.165, 1.54) is 33.8 Å². The summed E-state index contributed by atoms with van der Waals surface area (Å²) < 4.78 is 28.3. The van der Waals surface area contributed by atoms with Crippen molar-refractivity contribution in [2.75, 3.05) is 18.4 Å². The van der Waals surface area contributed by atoms with Crippen LogP contribution in [0.3, 0.4) is 0 Å². The molecule has 1 aliphatic heterocycles. The van der Waals surface area contributed by atoms with Crippen LogP contribution in [0.25, 0.3) is 5.82 Å². The Morgan fingerprint density at radius 1 is 1.11 bits per heavy atom. The van der Waals surface area contributed by atoms with Crippen LogP contribution in [0.5, 0.6) is 0 Å². The summed E-state index contributed by atoms with van der Waals surface area (Å²) in [5.74, 6) is -0.0901. The van der Waals surface area contributed by atoms with Crippen LogP contribution in [-0.2, 0) is 10.0 Å². The molecule has 9 nitrogen and oxygen atoms in total. The average molecular weight is 398 g/mol. The average Bonchev–Trinajstić information content (AvgIpc) is 3.42. The molecule has 3 heterocycles. The van der Waals surface area contributed by atoms with E-state index in [0.29, 0.717) is 30.2 Å². The fraction of sp³-hybridized carbons (Fsp3) is 0.222. The van der Waals surface area contributed by atoms with E-state index in [2.05, 4.69) is 20.4 Å². The van der Waals surface area contributed by atoms with Gasteiger partial charge in [0.05, 0.1) is 10.5 Å². The molecular formula is C18H18N6O3S. The number of carbonyl (C=O) groups is 1. The lowest BCUT2D eigenvalue weighted by molar-refractivity contribution is 0.102. The number of nitrogens with zero attached hydrogens (tertiary/aromatic N) is 5. The van der Waals surface area contributed by atoms with Gasteiger partial charge in [-0.15, -0.1) is 0 Å². The first-order valence-electron chi connectivity index (χ1n) is 8.77. The predicted molar refractivity (Wildman–Crippen MR) is 102 cm³/mol. The van der Waals surface area contributed by atoms with Crippen LogP contribution in [0.4, 0.5) is 5.69 Å². The van der Waals surface area contributed by atoms with E-state index in [9.17, 15) is 13.2 Å². The zero-order chi connectivity index (χ0) is 19.6. The summed E-state index contributed by atoms with van der Waals surface area (Å²) in [5, 5.41) is 6.75. The van der Waals surface area contributed by atoms with Crippen molar-refractivity contribution < 1.29 is 13.2 Å². The molecule has 1 N–H and O–H groups in total. The molecule has 2 aromatic heterocycles. The number of hydrogen-bond acceptors (Lipinski definition) is 6. The van der Waals surface area contributed by atoms with E-state index >= 15 is 0 Å². The second-order valence-electron chi connectivity index (χ2n) is 6.31. The molecule has 1 saturated heterocycles. The van der Waals surface area contributed by atoms with Crippen molar-refractivity contribution in [1.82, 2.24) is 24.1 Å². The molecule has 0 radical (unpaired) electrons. The van der Waals surface area contributed by atoms with Crippen LogP contribution >= 0.6 is 0 Å². The quantitative estimate of drug-likeness (QED) is 0.700. The number of sulfonamides is 1. The van der Waals surface area contributed by atoms with Gasteiger partial charge in [-0.1, -0.05) is 6.07 Å². The van der Waals surface area contributed by atoms with Crippen molar-refractivity contribution in [3.8, 4) is 5.82 Å². The molecule has 0 aliphatic carbocycles. The lowest BCUT2D eigenvalue weighted by Gasteiger charge is -2.16. The molecule has 0 bridgehead atoms. The van der Waals surface area contributed by atoms with Crippen LogP contribution in [0.15, 0.2) is 60.1 Å². The summed E-state index contributed by atoms with van der Waals surface area (Å²) in [5.41, 5.74) is 0.680. The number of rotatable bonds is 5. The second-order valence-corrected chi connectivity index (χ2v) is 8.25. The highest BCUT2D eigenvalue weighted by Crippen LogP contribution is 2.23. The summed E-state index contributed by atoms with van der Waals surface area (Å²) in [7, 11) is -3.56. The molecule has 10 heteroatoms. The Kier molecular flexibility index (Phi) is 4.88. The van der Waals surface area contributed by atoms with Gasteiger partial charge in [-0.05, 0) is 43.2 Å². The van der Waals surface area contributed by atoms with Gasteiger partial charge in [0.1, 0.15) is 12.7 Å².